The van der Waals surface area contributed by atoms with Crippen LogP contribution in [0.3, 0.4) is 0 Å². The standard InChI is InChI=1S/C29H36N6O3S/c1-39-26-31-17-22-23(32-26)9-14-33(25(22)36)20-29(38)12-15-34(19-28(29)10-5-6-11-28)27(37)35-16-13-30-18-24(35)21-7-3-2-4-8-21/h2-4,7-9,14,17,24,30,38H,5-6,10-13,15-16,18-20H2,1H3. The monoisotopic (exact) mass is 548 g/mol. The molecule has 1 saturated carbocycles. The van der Waals surface area contributed by atoms with Crippen LogP contribution < -0.4 is 10.9 Å². The number of thioether (sulfide) groups is 1. The average Bonchev–Trinajstić information content (AvgIpc) is 3.46. The van der Waals surface area contributed by atoms with Crippen LogP contribution >= 0.6 is 11.8 Å². The molecular formula is C29H36N6O3S. The molecule has 1 spiro atoms. The average molecular weight is 549 g/mol. The first-order valence-electron chi connectivity index (χ1n) is 13.9. The lowest BCUT2D eigenvalue weighted by Gasteiger charge is -2.53. The Morgan fingerprint density at radius 2 is 1.95 bits per heavy atom. The lowest BCUT2D eigenvalue weighted by atomic mass is 9.66. The van der Waals surface area contributed by atoms with Crippen LogP contribution in [0, 0.1) is 5.41 Å². The second-order valence-electron chi connectivity index (χ2n) is 11.2. The Balaban J connectivity index is 1.26. The van der Waals surface area contributed by atoms with Crippen molar-refractivity contribution in [2.75, 3.05) is 39.0 Å². The Bertz CT molecular complexity index is 1410. The predicted molar refractivity (Wildman–Crippen MR) is 152 cm³/mol. The Hall–Kier alpha value is -2.95. The molecule has 4 heterocycles. The van der Waals surface area contributed by atoms with Gasteiger partial charge in [-0.2, -0.15) is 0 Å². The van der Waals surface area contributed by atoms with Gasteiger partial charge in [0.15, 0.2) is 5.16 Å². The number of fused-ring (bicyclic) bond motifs is 1. The van der Waals surface area contributed by atoms with Crippen LogP contribution in [0.15, 0.2) is 58.7 Å². The number of piperidine rings is 1. The van der Waals surface area contributed by atoms with Crippen molar-refractivity contribution in [3.63, 3.8) is 0 Å². The van der Waals surface area contributed by atoms with Gasteiger partial charge in [-0.3, -0.25) is 4.79 Å². The molecule has 10 heteroatoms. The topological polar surface area (TPSA) is 104 Å². The normalized spacial score (nSPS) is 24.9. The van der Waals surface area contributed by atoms with Crippen molar-refractivity contribution >= 4 is 28.7 Å². The summed E-state index contributed by atoms with van der Waals surface area (Å²) in [5.41, 5.74) is 0.0334. The minimum atomic E-state index is -1.08. The van der Waals surface area contributed by atoms with Crippen molar-refractivity contribution < 1.29 is 9.90 Å². The number of hydrogen-bond acceptors (Lipinski definition) is 7. The number of urea groups is 1. The van der Waals surface area contributed by atoms with Gasteiger partial charge in [0.25, 0.3) is 5.56 Å². The van der Waals surface area contributed by atoms with Crippen LogP contribution in [-0.4, -0.2) is 80.1 Å². The number of aromatic nitrogens is 3. The summed E-state index contributed by atoms with van der Waals surface area (Å²) in [6.07, 6.45) is 9.39. The Morgan fingerprint density at radius 3 is 2.72 bits per heavy atom. The molecule has 2 unspecified atom stereocenters. The first kappa shape index (κ1) is 26.3. The summed E-state index contributed by atoms with van der Waals surface area (Å²) in [7, 11) is 0. The zero-order valence-electron chi connectivity index (χ0n) is 22.4. The third-order valence-corrected chi connectivity index (χ3v) is 9.66. The van der Waals surface area contributed by atoms with Gasteiger partial charge in [0, 0.05) is 50.5 Å². The lowest BCUT2D eigenvalue weighted by Crippen LogP contribution is -2.64. The molecule has 6 rings (SSSR count). The summed E-state index contributed by atoms with van der Waals surface area (Å²) in [6, 6.07) is 12.1. The Morgan fingerprint density at radius 1 is 1.15 bits per heavy atom. The van der Waals surface area contributed by atoms with E-state index in [-0.39, 0.29) is 24.2 Å². The van der Waals surface area contributed by atoms with Crippen LogP contribution in [0.25, 0.3) is 10.9 Å². The fraction of sp³-hybridized carbons (Fsp3) is 0.517. The van der Waals surface area contributed by atoms with Crippen molar-refractivity contribution in [3.8, 4) is 0 Å². The number of rotatable bonds is 4. The van der Waals surface area contributed by atoms with E-state index in [9.17, 15) is 14.7 Å². The van der Waals surface area contributed by atoms with Crippen LogP contribution in [0.4, 0.5) is 4.79 Å². The van der Waals surface area contributed by atoms with Gasteiger partial charge < -0.3 is 24.8 Å². The van der Waals surface area contributed by atoms with Gasteiger partial charge in [-0.1, -0.05) is 54.9 Å². The quantitative estimate of drug-likeness (QED) is 0.381. The smallest absolute Gasteiger partial charge is 0.320 e. The third-order valence-electron chi connectivity index (χ3n) is 9.09. The molecule has 9 nitrogen and oxygen atoms in total. The van der Waals surface area contributed by atoms with E-state index in [4.69, 9.17) is 0 Å². The highest BCUT2D eigenvalue weighted by atomic mass is 32.2. The van der Waals surface area contributed by atoms with Gasteiger partial charge in [-0.25, -0.2) is 14.8 Å². The SMILES string of the molecule is CSc1ncc2c(=O)n(CC3(O)CCN(C(=O)N4CCNCC4c4ccccc4)CC34CCCC4)ccc2n1. The molecule has 2 amide bonds. The number of carbonyl (C=O) groups excluding carboxylic acids is 1. The molecule has 2 atom stereocenters. The predicted octanol–water partition coefficient (Wildman–Crippen LogP) is 3.28. The molecular weight excluding hydrogens is 512 g/mol. The first-order valence-corrected chi connectivity index (χ1v) is 15.1. The van der Waals surface area contributed by atoms with E-state index in [1.807, 2.05) is 40.3 Å². The fourth-order valence-electron chi connectivity index (χ4n) is 6.91. The number of likely N-dealkylation sites (tertiary alicyclic amines) is 1. The highest BCUT2D eigenvalue weighted by molar-refractivity contribution is 7.98. The van der Waals surface area contributed by atoms with E-state index in [1.165, 1.54) is 11.8 Å². The molecule has 1 aromatic carbocycles. The highest BCUT2D eigenvalue weighted by Crippen LogP contribution is 2.51. The Labute approximate surface area is 232 Å². The number of hydrogen-bond donors (Lipinski definition) is 2. The Kier molecular flexibility index (Phi) is 7.11. The molecule has 0 radical (unpaired) electrons. The second kappa shape index (κ2) is 10.6. The number of amides is 2. The maximum absolute atomic E-state index is 14.0. The largest absolute Gasteiger partial charge is 0.387 e. The molecule has 0 bridgehead atoms. The summed E-state index contributed by atoms with van der Waals surface area (Å²) in [5.74, 6) is 0. The van der Waals surface area contributed by atoms with Gasteiger partial charge in [-0.05, 0) is 37.1 Å². The fourth-order valence-corrected chi connectivity index (χ4v) is 7.26. The molecule has 206 valence electrons. The molecule has 39 heavy (non-hydrogen) atoms. The number of nitrogens with one attached hydrogen (secondary N) is 1. The number of carbonyl (C=O) groups is 1. The molecule has 2 aromatic heterocycles. The molecule has 3 aromatic rings. The van der Waals surface area contributed by atoms with E-state index in [2.05, 4.69) is 27.4 Å². The summed E-state index contributed by atoms with van der Waals surface area (Å²) < 4.78 is 1.61. The number of piperazine rings is 1. The maximum Gasteiger partial charge on any atom is 0.320 e. The van der Waals surface area contributed by atoms with E-state index in [1.54, 1.807) is 17.0 Å². The number of nitrogens with zero attached hydrogens (tertiary/aromatic N) is 5. The summed E-state index contributed by atoms with van der Waals surface area (Å²) in [5, 5.41) is 16.8. The van der Waals surface area contributed by atoms with E-state index < -0.39 is 11.0 Å². The van der Waals surface area contributed by atoms with Crippen LogP contribution in [0.2, 0.25) is 0 Å². The minimum absolute atomic E-state index is 0.0159. The van der Waals surface area contributed by atoms with Gasteiger partial charge in [0.2, 0.25) is 0 Å². The van der Waals surface area contributed by atoms with Crippen molar-refractivity contribution in [2.24, 2.45) is 5.41 Å². The number of benzene rings is 1. The van der Waals surface area contributed by atoms with Crippen molar-refractivity contribution in [3.05, 3.63) is 64.7 Å². The van der Waals surface area contributed by atoms with Gasteiger partial charge in [-0.15, -0.1) is 0 Å². The molecule has 3 fully saturated rings. The summed E-state index contributed by atoms with van der Waals surface area (Å²) >= 11 is 1.44. The van der Waals surface area contributed by atoms with Crippen molar-refractivity contribution in [2.45, 2.75) is 55.4 Å². The van der Waals surface area contributed by atoms with Crippen LogP contribution in [0.1, 0.15) is 43.7 Å². The molecule has 3 aliphatic rings. The van der Waals surface area contributed by atoms with Crippen LogP contribution in [0.5, 0.6) is 0 Å². The third kappa shape index (κ3) is 4.72. The van der Waals surface area contributed by atoms with Gasteiger partial charge >= 0.3 is 6.03 Å². The minimum Gasteiger partial charge on any atom is -0.387 e. The molecule has 1 aliphatic carbocycles. The van der Waals surface area contributed by atoms with Gasteiger partial charge in [0.05, 0.1) is 29.1 Å². The van der Waals surface area contributed by atoms with E-state index in [0.717, 1.165) is 44.3 Å². The molecule has 2 aliphatic heterocycles. The zero-order valence-corrected chi connectivity index (χ0v) is 23.2. The summed E-state index contributed by atoms with van der Waals surface area (Å²) in [4.78, 5) is 40.1. The molecule has 2 N–H and O–H groups in total. The van der Waals surface area contributed by atoms with Crippen molar-refractivity contribution in [1.82, 2.24) is 29.7 Å². The summed E-state index contributed by atoms with van der Waals surface area (Å²) in [6.45, 7) is 3.32. The van der Waals surface area contributed by atoms with Crippen molar-refractivity contribution in [1.29, 1.82) is 0 Å². The highest BCUT2D eigenvalue weighted by Gasteiger charge is 2.56. The first-order chi connectivity index (χ1) is 18.9. The second-order valence-corrected chi connectivity index (χ2v) is 12.0. The van der Waals surface area contributed by atoms with E-state index >= 15 is 0 Å². The number of pyridine rings is 1. The maximum atomic E-state index is 14.0. The van der Waals surface area contributed by atoms with Gasteiger partial charge in [0.1, 0.15) is 0 Å². The lowest BCUT2D eigenvalue weighted by molar-refractivity contribution is -0.136. The van der Waals surface area contributed by atoms with Crippen LogP contribution in [-0.2, 0) is 6.54 Å². The molecule has 2 saturated heterocycles. The zero-order chi connectivity index (χ0) is 27.0. The van der Waals surface area contributed by atoms with E-state index in [0.29, 0.717) is 42.1 Å². The number of aliphatic hydroxyl groups is 1.